The summed E-state index contributed by atoms with van der Waals surface area (Å²) < 4.78 is 4.64. The van der Waals surface area contributed by atoms with Gasteiger partial charge in [0.15, 0.2) is 5.96 Å². The van der Waals surface area contributed by atoms with Crippen LogP contribution in [0.25, 0.3) is 0 Å². The third kappa shape index (κ3) is 4.23. The van der Waals surface area contributed by atoms with E-state index in [1.165, 1.54) is 18.4 Å². The Hall–Kier alpha value is -2.04. The topological polar surface area (TPSA) is 53.9 Å². The van der Waals surface area contributed by atoms with E-state index < -0.39 is 0 Å². The molecule has 0 radical (unpaired) electrons. The van der Waals surface area contributed by atoms with Crippen molar-refractivity contribution >= 4 is 17.6 Å². The van der Waals surface area contributed by atoms with Gasteiger partial charge >= 0.3 is 5.97 Å². The minimum absolute atomic E-state index is 0.149. The largest absolute Gasteiger partial charge is 0.469 e. The molecule has 0 unspecified atom stereocenters. The number of rotatable bonds is 6. The number of carbonyl (C=O) groups excluding carboxylic acids is 1. The highest BCUT2D eigenvalue weighted by atomic mass is 16.5. The average Bonchev–Trinajstić information content (AvgIpc) is 2.97. The Morgan fingerprint density at radius 1 is 1.36 bits per heavy atom. The highest BCUT2D eigenvalue weighted by molar-refractivity contribution is 5.97. The minimum atomic E-state index is -0.149. The average molecular weight is 303 g/mol. The zero-order chi connectivity index (χ0) is 15.8. The molecule has 1 aliphatic rings. The van der Waals surface area contributed by atoms with Gasteiger partial charge in [-0.3, -0.25) is 9.79 Å². The minimum Gasteiger partial charge on any atom is -0.469 e. The van der Waals surface area contributed by atoms with Crippen molar-refractivity contribution in [1.82, 2.24) is 5.32 Å². The van der Waals surface area contributed by atoms with Crippen LogP contribution in [0, 0.1) is 0 Å². The van der Waals surface area contributed by atoms with Crippen LogP contribution in [-0.2, 0) is 16.0 Å². The first-order chi connectivity index (χ1) is 10.8. The molecule has 0 atom stereocenters. The number of esters is 1. The van der Waals surface area contributed by atoms with Gasteiger partial charge < -0.3 is 15.0 Å². The molecule has 0 aromatic heterocycles. The molecule has 0 bridgehead atoms. The maximum absolute atomic E-state index is 11.1. The molecular formula is C17H25N3O2. The van der Waals surface area contributed by atoms with E-state index in [1.807, 2.05) is 0 Å². The van der Waals surface area contributed by atoms with Crippen molar-refractivity contribution in [3.63, 3.8) is 0 Å². The molecule has 1 aromatic carbocycles. The van der Waals surface area contributed by atoms with Crippen molar-refractivity contribution in [3.05, 3.63) is 29.8 Å². The van der Waals surface area contributed by atoms with Crippen molar-refractivity contribution in [3.8, 4) is 0 Å². The molecule has 2 rings (SSSR count). The molecular weight excluding hydrogens is 278 g/mol. The van der Waals surface area contributed by atoms with Gasteiger partial charge in [-0.1, -0.05) is 18.2 Å². The number of guanidine groups is 1. The fourth-order valence-corrected chi connectivity index (χ4v) is 2.62. The molecule has 5 heteroatoms. The van der Waals surface area contributed by atoms with Crippen molar-refractivity contribution < 1.29 is 9.53 Å². The van der Waals surface area contributed by atoms with Gasteiger partial charge in [-0.2, -0.15) is 0 Å². The Kier molecular flexibility index (Phi) is 6.25. The third-order valence-electron chi connectivity index (χ3n) is 3.76. The molecule has 0 saturated heterocycles. The van der Waals surface area contributed by atoms with Crippen LogP contribution in [0.15, 0.2) is 29.3 Å². The molecule has 5 nitrogen and oxygen atoms in total. The summed E-state index contributed by atoms with van der Waals surface area (Å²) in [5.41, 5.74) is 2.62. The number of hydrogen-bond acceptors (Lipinski definition) is 3. The zero-order valence-corrected chi connectivity index (χ0v) is 13.5. The smallest absolute Gasteiger partial charge is 0.305 e. The van der Waals surface area contributed by atoms with Crippen molar-refractivity contribution in [2.45, 2.75) is 32.6 Å². The lowest BCUT2D eigenvalue weighted by Crippen LogP contribution is -2.40. The lowest BCUT2D eigenvalue weighted by molar-refractivity contribution is -0.140. The first-order valence-corrected chi connectivity index (χ1v) is 7.96. The molecule has 0 aliphatic carbocycles. The number of benzene rings is 1. The van der Waals surface area contributed by atoms with E-state index in [1.54, 1.807) is 0 Å². The molecule has 0 amide bonds. The second kappa shape index (κ2) is 8.41. The Bertz CT molecular complexity index is 528. The SMILES string of the molecule is CCNC(=NCCCCC(=O)OC)N1CCc2ccccc21. The van der Waals surface area contributed by atoms with E-state index in [-0.39, 0.29) is 5.97 Å². The molecule has 1 N–H and O–H groups in total. The number of carbonyl (C=O) groups is 1. The van der Waals surface area contributed by atoms with Gasteiger partial charge in [-0.15, -0.1) is 0 Å². The van der Waals surface area contributed by atoms with Gasteiger partial charge in [0.05, 0.1) is 7.11 Å². The number of para-hydroxylation sites is 1. The van der Waals surface area contributed by atoms with Gasteiger partial charge in [-0.25, -0.2) is 0 Å². The lowest BCUT2D eigenvalue weighted by Gasteiger charge is -2.22. The van der Waals surface area contributed by atoms with Gasteiger partial charge in [-0.05, 0) is 37.8 Å². The Balaban J connectivity index is 1.93. The van der Waals surface area contributed by atoms with Gasteiger partial charge in [0, 0.05) is 31.7 Å². The summed E-state index contributed by atoms with van der Waals surface area (Å²) >= 11 is 0. The second-order valence-electron chi connectivity index (χ2n) is 5.30. The van der Waals surface area contributed by atoms with Crippen LogP contribution in [-0.4, -0.2) is 38.7 Å². The van der Waals surface area contributed by atoms with E-state index in [0.717, 1.165) is 44.9 Å². The van der Waals surface area contributed by atoms with E-state index >= 15 is 0 Å². The fraction of sp³-hybridized carbons (Fsp3) is 0.529. The summed E-state index contributed by atoms with van der Waals surface area (Å²) in [5, 5.41) is 3.36. The predicted molar refractivity (Wildman–Crippen MR) is 89.3 cm³/mol. The lowest BCUT2D eigenvalue weighted by atomic mass is 10.2. The first-order valence-electron chi connectivity index (χ1n) is 7.96. The Morgan fingerprint density at radius 2 is 2.18 bits per heavy atom. The summed E-state index contributed by atoms with van der Waals surface area (Å²) in [7, 11) is 1.43. The number of ether oxygens (including phenoxy) is 1. The van der Waals surface area contributed by atoms with Crippen LogP contribution in [0.5, 0.6) is 0 Å². The van der Waals surface area contributed by atoms with Gasteiger partial charge in [0.1, 0.15) is 0 Å². The van der Waals surface area contributed by atoms with Crippen LogP contribution in [0.2, 0.25) is 0 Å². The number of hydrogen-bond donors (Lipinski definition) is 1. The molecule has 1 aromatic rings. The highest BCUT2D eigenvalue weighted by Crippen LogP contribution is 2.27. The Labute approximate surface area is 132 Å². The Morgan fingerprint density at radius 3 is 2.95 bits per heavy atom. The second-order valence-corrected chi connectivity index (χ2v) is 5.30. The van der Waals surface area contributed by atoms with Crippen molar-refractivity contribution in [2.75, 3.05) is 31.6 Å². The summed E-state index contributed by atoms with van der Waals surface area (Å²) in [6.07, 6.45) is 3.23. The maximum atomic E-state index is 11.1. The number of fused-ring (bicyclic) bond motifs is 1. The normalized spacial score (nSPS) is 13.9. The standard InChI is InChI=1S/C17H25N3O2/c1-3-18-17(19-12-7-6-10-16(21)22-2)20-13-11-14-8-4-5-9-15(14)20/h4-5,8-9H,3,6-7,10-13H2,1-2H3,(H,18,19). The van der Waals surface area contributed by atoms with Crippen LogP contribution in [0.1, 0.15) is 31.7 Å². The van der Waals surface area contributed by atoms with Crippen LogP contribution < -0.4 is 10.2 Å². The molecule has 0 saturated carbocycles. The van der Waals surface area contributed by atoms with Gasteiger partial charge in [0.25, 0.3) is 0 Å². The number of nitrogens with zero attached hydrogens (tertiary/aromatic N) is 2. The van der Waals surface area contributed by atoms with Gasteiger partial charge in [0.2, 0.25) is 0 Å². The molecule has 0 fully saturated rings. The molecule has 120 valence electrons. The van der Waals surface area contributed by atoms with Crippen molar-refractivity contribution in [2.24, 2.45) is 4.99 Å². The van der Waals surface area contributed by atoms with Crippen molar-refractivity contribution in [1.29, 1.82) is 0 Å². The maximum Gasteiger partial charge on any atom is 0.305 e. The van der Waals surface area contributed by atoms with E-state index in [4.69, 9.17) is 4.99 Å². The van der Waals surface area contributed by atoms with Crippen LogP contribution >= 0.6 is 0 Å². The fourth-order valence-electron chi connectivity index (χ4n) is 2.62. The summed E-state index contributed by atoms with van der Waals surface area (Å²) in [6.45, 7) is 4.61. The molecule has 0 spiro atoms. The number of methoxy groups -OCH3 is 1. The van der Waals surface area contributed by atoms with Crippen LogP contribution in [0.4, 0.5) is 5.69 Å². The summed E-state index contributed by atoms with van der Waals surface area (Å²) in [6, 6.07) is 8.47. The molecule has 22 heavy (non-hydrogen) atoms. The molecule has 1 heterocycles. The van der Waals surface area contributed by atoms with Crippen LogP contribution in [0.3, 0.4) is 0 Å². The zero-order valence-electron chi connectivity index (χ0n) is 13.5. The quantitative estimate of drug-likeness (QED) is 0.379. The molecule has 1 aliphatic heterocycles. The highest BCUT2D eigenvalue weighted by Gasteiger charge is 2.22. The predicted octanol–water partition coefficient (Wildman–Crippen LogP) is 2.36. The number of anilines is 1. The van der Waals surface area contributed by atoms with E-state index in [2.05, 4.69) is 46.1 Å². The third-order valence-corrected chi connectivity index (χ3v) is 3.76. The number of nitrogens with one attached hydrogen (secondary N) is 1. The first kappa shape index (κ1) is 16.3. The van der Waals surface area contributed by atoms with E-state index in [9.17, 15) is 4.79 Å². The number of unbranched alkanes of at least 4 members (excludes halogenated alkanes) is 1. The van der Waals surface area contributed by atoms with E-state index in [0.29, 0.717) is 6.42 Å². The monoisotopic (exact) mass is 303 g/mol. The summed E-state index contributed by atoms with van der Waals surface area (Å²) in [4.78, 5) is 18.0. The number of aliphatic imine (C=N–C) groups is 1. The summed E-state index contributed by atoms with van der Waals surface area (Å²) in [5.74, 6) is 0.787.